The zero-order valence-corrected chi connectivity index (χ0v) is 13.8. The molecule has 1 rings (SSSR count). The first-order chi connectivity index (χ1) is 9.41. The number of methoxy groups -OCH3 is 1. The Hall–Kier alpha value is -1.00. The number of likely N-dealkylation sites (N-methyl/N-ethyl adjacent to an activating group) is 1. The molecular formula is C16H25NO2S. The zero-order valence-electron chi connectivity index (χ0n) is 13.0. The van der Waals surface area contributed by atoms with Crippen molar-refractivity contribution in [2.24, 2.45) is 0 Å². The molecule has 20 heavy (non-hydrogen) atoms. The van der Waals surface area contributed by atoms with Crippen molar-refractivity contribution in [2.45, 2.75) is 43.7 Å². The summed E-state index contributed by atoms with van der Waals surface area (Å²) in [6.07, 6.45) is 0.743. The molecule has 4 heteroatoms. The van der Waals surface area contributed by atoms with Crippen LogP contribution in [0.15, 0.2) is 24.3 Å². The van der Waals surface area contributed by atoms with Crippen LogP contribution in [0, 0.1) is 6.92 Å². The second-order valence-electron chi connectivity index (χ2n) is 5.39. The molecule has 112 valence electrons. The molecule has 0 saturated carbocycles. The van der Waals surface area contributed by atoms with E-state index in [0.717, 1.165) is 12.2 Å². The summed E-state index contributed by atoms with van der Waals surface area (Å²) in [7, 11) is 3.23. The summed E-state index contributed by atoms with van der Waals surface area (Å²) in [5.74, 6) is 0.757. The lowest BCUT2D eigenvalue weighted by molar-refractivity contribution is -0.147. The van der Waals surface area contributed by atoms with E-state index >= 15 is 0 Å². The summed E-state index contributed by atoms with van der Waals surface area (Å²) >= 11 is 1.86. The number of ether oxygens (including phenoxy) is 1. The van der Waals surface area contributed by atoms with E-state index in [-0.39, 0.29) is 5.97 Å². The maximum atomic E-state index is 11.8. The number of esters is 1. The molecule has 0 spiro atoms. The van der Waals surface area contributed by atoms with Crippen molar-refractivity contribution in [2.75, 3.05) is 14.2 Å². The zero-order chi connectivity index (χ0) is 15.2. The van der Waals surface area contributed by atoms with Gasteiger partial charge in [0.25, 0.3) is 0 Å². The van der Waals surface area contributed by atoms with Gasteiger partial charge in [0, 0.05) is 11.0 Å². The Morgan fingerprint density at radius 2 is 2.20 bits per heavy atom. The maximum Gasteiger partial charge on any atom is 0.325 e. The second kappa shape index (κ2) is 7.70. The van der Waals surface area contributed by atoms with Crippen molar-refractivity contribution in [1.29, 1.82) is 0 Å². The predicted molar refractivity (Wildman–Crippen MR) is 86.0 cm³/mol. The van der Waals surface area contributed by atoms with Crippen molar-refractivity contribution in [3.05, 3.63) is 35.4 Å². The third-order valence-corrected chi connectivity index (χ3v) is 4.74. The van der Waals surface area contributed by atoms with Crippen LogP contribution in [0.4, 0.5) is 0 Å². The third-order valence-electron chi connectivity index (χ3n) is 3.50. The number of thioether (sulfide) groups is 1. The van der Waals surface area contributed by atoms with E-state index in [9.17, 15) is 4.79 Å². The van der Waals surface area contributed by atoms with Gasteiger partial charge < -0.3 is 10.1 Å². The lowest BCUT2D eigenvalue weighted by Crippen LogP contribution is -2.49. The Kier molecular flexibility index (Phi) is 6.56. The number of carbonyl (C=O) groups is 1. The molecule has 1 N–H and O–H groups in total. The van der Waals surface area contributed by atoms with Gasteiger partial charge in [-0.1, -0.05) is 36.8 Å². The van der Waals surface area contributed by atoms with Crippen molar-refractivity contribution in [3.63, 3.8) is 0 Å². The van der Waals surface area contributed by atoms with Crippen LogP contribution >= 0.6 is 11.8 Å². The van der Waals surface area contributed by atoms with E-state index in [1.54, 1.807) is 7.05 Å². The van der Waals surface area contributed by atoms with Crippen LogP contribution in [0.3, 0.4) is 0 Å². The largest absolute Gasteiger partial charge is 0.468 e. The Bertz CT molecular complexity index is 450. The van der Waals surface area contributed by atoms with Gasteiger partial charge in [-0.25, -0.2) is 0 Å². The lowest BCUT2D eigenvalue weighted by Gasteiger charge is -2.28. The Labute approximate surface area is 126 Å². The molecule has 0 radical (unpaired) electrons. The first-order valence-electron chi connectivity index (χ1n) is 6.85. The first kappa shape index (κ1) is 17.1. The molecule has 0 bridgehead atoms. The van der Waals surface area contributed by atoms with Crippen LogP contribution in [-0.4, -0.2) is 30.9 Å². The van der Waals surface area contributed by atoms with Crippen molar-refractivity contribution in [3.8, 4) is 0 Å². The Morgan fingerprint density at radius 3 is 2.75 bits per heavy atom. The molecule has 0 saturated heterocycles. The summed E-state index contributed by atoms with van der Waals surface area (Å²) in [6, 6.07) is 8.54. The fourth-order valence-electron chi connectivity index (χ4n) is 2.19. The molecular weight excluding hydrogens is 270 g/mol. The maximum absolute atomic E-state index is 11.8. The van der Waals surface area contributed by atoms with Gasteiger partial charge in [-0.2, -0.15) is 11.8 Å². The number of carbonyl (C=O) groups excluding carboxylic acids is 1. The SMILES string of the molecule is CNC(C)(CC(C)SCc1cccc(C)c1)C(=O)OC. The number of hydrogen-bond donors (Lipinski definition) is 1. The number of hydrogen-bond acceptors (Lipinski definition) is 4. The topological polar surface area (TPSA) is 38.3 Å². The van der Waals surface area contributed by atoms with Crippen molar-refractivity contribution >= 4 is 17.7 Å². The van der Waals surface area contributed by atoms with E-state index < -0.39 is 5.54 Å². The molecule has 0 heterocycles. The highest BCUT2D eigenvalue weighted by Crippen LogP contribution is 2.26. The van der Waals surface area contributed by atoms with E-state index in [1.807, 2.05) is 18.7 Å². The molecule has 1 aromatic rings. The Balaban J connectivity index is 2.54. The van der Waals surface area contributed by atoms with Crippen molar-refractivity contribution in [1.82, 2.24) is 5.32 Å². The second-order valence-corrected chi connectivity index (χ2v) is 6.82. The number of benzene rings is 1. The monoisotopic (exact) mass is 295 g/mol. The van der Waals surface area contributed by atoms with Gasteiger partial charge in [0.15, 0.2) is 0 Å². The van der Waals surface area contributed by atoms with Gasteiger partial charge in [0.2, 0.25) is 0 Å². The van der Waals surface area contributed by atoms with Crippen LogP contribution in [-0.2, 0) is 15.3 Å². The van der Waals surface area contributed by atoms with Crippen LogP contribution in [0.1, 0.15) is 31.4 Å². The summed E-state index contributed by atoms with van der Waals surface area (Å²) in [4.78, 5) is 11.8. The minimum absolute atomic E-state index is 0.206. The van der Waals surface area contributed by atoms with Crippen molar-refractivity contribution < 1.29 is 9.53 Å². The van der Waals surface area contributed by atoms with E-state index in [4.69, 9.17) is 4.74 Å². The Morgan fingerprint density at radius 1 is 1.50 bits per heavy atom. The van der Waals surface area contributed by atoms with Crippen LogP contribution in [0.2, 0.25) is 0 Å². The molecule has 2 unspecified atom stereocenters. The van der Waals surface area contributed by atoms with Gasteiger partial charge in [0.1, 0.15) is 5.54 Å². The van der Waals surface area contributed by atoms with E-state index in [2.05, 4.69) is 43.4 Å². The minimum Gasteiger partial charge on any atom is -0.468 e. The molecule has 1 aromatic carbocycles. The molecule has 0 aliphatic rings. The highest BCUT2D eigenvalue weighted by Gasteiger charge is 2.34. The van der Waals surface area contributed by atoms with E-state index in [1.165, 1.54) is 18.2 Å². The summed E-state index contributed by atoms with van der Waals surface area (Å²) in [5.41, 5.74) is 1.99. The van der Waals surface area contributed by atoms with Crippen LogP contribution in [0.25, 0.3) is 0 Å². The van der Waals surface area contributed by atoms with E-state index in [0.29, 0.717) is 5.25 Å². The molecule has 0 aliphatic heterocycles. The molecule has 2 atom stereocenters. The number of rotatable bonds is 7. The molecule has 0 amide bonds. The lowest BCUT2D eigenvalue weighted by atomic mass is 9.96. The van der Waals surface area contributed by atoms with Gasteiger partial charge in [-0.3, -0.25) is 4.79 Å². The predicted octanol–water partition coefficient (Wildman–Crippen LogP) is 3.16. The number of aryl methyl sites for hydroxylation is 1. The quantitative estimate of drug-likeness (QED) is 0.784. The van der Waals surface area contributed by atoms with Gasteiger partial charge in [-0.15, -0.1) is 0 Å². The average molecular weight is 295 g/mol. The summed E-state index contributed by atoms with van der Waals surface area (Å²) in [6.45, 7) is 6.15. The molecule has 0 fully saturated rings. The smallest absolute Gasteiger partial charge is 0.325 e. The molecule has 3 nitrogen and oxygen atoms in total. The standard InChI is InChI=1S/C16H25NO2S/c1-12-7-6-8-14(9-12)11-20-13(2)10-16(3,17-4)15(18)19-5/h6-9,13,17H,10-11H2,1-5H3. The molecule has 0 aromatic heterocycles. The van der Waals surface area contributed by atoms with Gasteiger partial charge >= 0.3 is 5.97 Å². The fraction of sp³-hybridized carbons (Fsp3) is 0.562. The fourth-order valence-corrected chi connectivity index (χ4v) is 3.29. The normalized spacial score (nSPS) is 15.4. The summed E-state index contributed by atoms with van der Waals surface area (Å²) in [5, 5.41) is 3.45. The first-order valence-corrected chi connectivity index (χ1v) is 7.90. The average Bonchev–Trinajstić information content (AvgIpc) is 2.44. The van der Waals surface area contributed by atoms with Crippen LogP contribution < -0.4 is 5.32 Å². The third kappa shape index (κ3) is 4.84. The number of nitrogens with one attached hydrogen (secondary N) is 1. The highest BCUT2D eigenvalue weighted by molar-refractivity contribution is 7.99. The summed E-state index contributed by atoms with van der Waals surface area (Å²) < 4.78 is 4.87. The molecule has 0 aliphatic carbocycles. The highest BCUT2D eigenvalue weighted by atomic mass is 32.2. The van der Waals surface area contributed by atoms with Gasteiger partial charge in [0.05, 0.1) is 7.11 Å². The van der Waals surface area contributed by atoms with Gasteiger partial charge in [-0.05, 0) is 32.9 Å². The minimum atomic E-state index is -0.617. The van der Waals surface area contributed by atoms with Crippen LogP contribution in [0.5, 0.6) is 0 Å².